The summed E-state index contributed by atoms with van der Waals surface area (Å²) in [5.74, 6) is -1.49. The zero-order chi connectivity index (χ0) is 24.0. The Kier molecular flexibility index (Phi) is 5.43. The van der Waals surface area contributed by atoms with E-state index in [-0.39, 0.29) is 41.0 Å². The second kappa shape index (κ2) is 8.44. The number of anilines is 2. The van der Waals surface area contributed by atoms with Crippen molar-refractivity contribution in [2.24, 2.45) is 23.7 Å². The number of rotatable bonds is 6. The van der Waals surface area contributed by atoms with Gasteiger partial charge >= 0.3 is 5.97 Å². The van der Waals surface area contributed by atoms with Crippen LogP contribution in [-0.4, -0.2) is 37.4 Å². The van der Waals surface area contributed by atoms with Gasteiger partial charge < -0.3 is 14.8 Å². The first-order valence-electron chi connectivity index (χ1n) is 11.1. The number of nitrogens with one attached hydrogen (secondary N) is 1. The fourth-order valence-electron chi connectivity index (χ4n) is 5.41. The van der Waals surface area contributed by atoms with Gasteiger partial charge in [-0.1, -0.05) is 23.8 Å². The molecule has 4 atom stereocenters. The van der Waals surface area contributed by atoms with Gasteiger partial charge in [0.05, 0.1) is 30.2 Å². The van der Waals surface area contributed by atoms with Crippen LogP contribution in [0, 0.1) is 23.7 Å². The molecule has 8 heteroatoms. The Morgan fingerprint density at radius 2 is 1.82 bits per heavy atom. The van der Waals surface area contributed by atoms with Gasteiger partial charge in [-0.2, -0.15) is 0 Å². The van der Waals surface area contributed by atoms with Crippen molar-refractivity contribution >= 4 is 35.1 Å². The topological polar surface area (TPSA) is 102 Å². The van der Waals surface area contributed by atoms with Gasteiger partial charge in [0, 0.05) is 11.8 Å². The lowest BCUT2D eigenvalue weighted by Crippen LogP contribution is -2.33. The van der Waals surface area contributed by atoms with Crippen molar-refractivity contribution in [1.29, 1.82) is 0 Å². The normalized spacial score (nSPS) is 24.6. The van der Waals surface area contributed by atoms with Crippen LogP contribution in [0.2, 0.25) is 0 Å². The summed E-state index contributed by atoms with van der Waals surface area (Å²) in [7, 11) is 1.52. The summed E-state index contributed by atoms with van der Waals surface area (Å²) in [6, 6.07) is 13.0. The molecule has 0 radical (unpaired) electrons. The predicted octanol–water partition coefficient (Wildman–Crippen LogP) is 3.19. The zero-order valence-corrected chi connectivity index (χ0v) is 18.8. The smallest absolute Gasteiger partial charge is 0.338 e. The zero-order valence-electron chi connectivity index (χ0n) is 18.8. The third-order valence-corrected chi connectivity index (χ3v) is 6.91. The molecule has 8 nitrogen and oxygen atoms in total. The third-order valence-electron chi connectivity index (χ3n) is 6.91. The number of carbonyl (C=O) groups is 4. The minimum Gasteiger partial charge on any atom is -0.497 e. The van der Waals surface area contributed by atoms with Crippen molar-refractivity contribution in [3.8, 4) is 5.75 Å². The summed E-state index contributed by atoms with van der Waals surface area (Å²) >= 11 is 0. The molecular weight excluding hydrogens is 436 g/mol. The van der Waals surface area contributed by atoms with Gasteiger partial charge in [0.2, 0.25) is 11.8 Å². The van der Waals surface area contributed by atoms with Gasteiger partial charge in [-0.25, -0.2) is 9.69 Å². The number of hydrogen-bond acceptors (Lipinski definition) is 6. The monoisotopic (exact) mass is 460 g/mol. The molecule has 0 aromatic heterocycles. The van der Waals surface area contributed by atoms with Crippen LogP contribution in [0.25, 0.3) is 0 Å². The number of esters is 1. The molecule has 1 saturated heterocycles. The summed E-state index contributed by atoms with van der Waals surface area (Å²) in [4.78, 5) is 52.2. The highest BCUT2D eigenvalue weighted by Crippen LogP contribution is 2.55. The number of benzene rings is 2. The van der Waals surface area contributed by atoms with Gasteiger partial charge in [-0.15, -0.1) is 0 Å². The summed E-state index contributed by atoms with van der Waals surface area (Å²) in [6.45, 7) is 1.53. The summed E-state index contributed by atoms with van der Waals surface area (Å²) < 4.78 is 10.3. The molecule has 34 heavy (non-hydrogen) atoms. The second-order valence-corrected chi connectivity index (χ2v) is 8.89. The Balaban J connectivity index is 1.25. The SMILES string of the molecule is COc1cccc(NC(=O)COC(=O)c2cccc(N3C(=O)[C@@H]4[C@@H](C3=O)[C@H]3C=C(C)[C@H]4C3)c2)c1. The van der Waals surface area contributed by atoms with Crippen LogP contribution in [0.1, 0.15) is 23.7 Å². The summed E-state index contributed by atoms with van der Waals surface area (Å²) in [5.41, 5.74) is 2.19. The lowest BCUT2D eigenvalue weighted by Gasteiger charge is -2.19. The molecule has 5 rings (SSSR count). The van der Waals surface area contributed by atoms with E-state index in [2.05, 4.69) is 11.4 Å². The maximum Gasteiger partial charge on any atom is 0.338 e. The van der Waals surface area contributed by atoms with Gasteiger partial charge in [-0.3, -0.25) is 14.4 Å². The van der Waals surface area contributed by atoms with Gasteiger partial charge in [0.25, 0.3) is 5.91 Å². The second-order valence-electron chi connectivity index (χ2n) is 8.89. The van der Waals surface area contributed by atoms with Crippen molar-refractivity contribution in [2.75, 3.05) is 23.9 Å². The first kappa shape index (κ1) is 21.9. The number of methoxy groups -OCH3 is 1. The molecule has 3 amide bonds. The van der Waals surface area contributed by atoms with Crippen molar-refractivity contribution in [3.05, 3.63) is 65.7 Å². The minimum atomic E-state index is -0.723. The van der Waals surface area contributed by atoms with E-state index in [1.807, 2.05) is 6.92 Å². The van der Waals surface area contributed by atoms with E-state index in [1.54, 1.807) is 36.4 Å². The molecule has 2 fully saturated rings. The molecule has 1 saturated carbocycles. The van der Waals surface area contributed by atoms with Crippen molar-refractivity contribution < 1.29 is 28.7 Å². The van der Waals surface area contributed by atoms with E-state index in [0.717, 1.165) is 6.42 Å². The Labute approximate surface area is 196 Å². The number of allylic oxidation sites excluding steroid dienone is 2. The largest absolute Gasteiger partial charge is 0.497 e. The number of ether oxygens (including phenoxy) is 2. The molecule has 2 aromatic rings. The Morgan fingerprint density at radius 3 is 2.62 bits per heavy atom. The third kappa shape index (κ3) is 3.65. The lowest BCUT2D eigenvalue weighted by molar-refractivity contribution is -0.123. The van der Waals surface area contributed by atoms with Crippen molar-refractivity contribution in [3.63, 3.8) is 0 Å². The molecule has 0 spiro atoms. The van der Waals surface area contributed by atoms with Crippen LogP contribution in [0.15, 0.2) is 60.2 Å². The Hall–Kier alpha value is -3.94. The highest BCUT2D eigenvalue weighted by atomic mass is 16.5. The highest BCUT2D eigenvalue weighted by molar-refractivity contribution is 6.23. The van der Waals surface area contributed by atoms with Gasteiger partial charge in [0.15, 0.2) is 6.61 Å². The maximum atomic E-state index is 13.1. The number of hydrogen-bond donors (Lipinski definition) is 1. The van der Waals surface area contributed by atoms with Crippen LogP contribution in [0.5, 0.6) is 5.75 Å². The number of nitrogens with zero attached hydrogens (tertiary/aromatic N) is 1. The molecule has 1 heterocycles. The average Bonchev–Trinajstić information content (AvgIpc) is 3.47. The van der Waals surface area contributed by atoms with E-state index in [1.165, 1.54) is 29.7 Å². The Bertz CT molecular complexity index is 1240. The summed E-state index contributed by atoms with van der Waals surface area (Å²) in [5, 5.41) is 2.63. The summed E-state index contributed by atoms with van der Waals surface area (Å²) in [6.07, 6.45) is 2.97. The molecule has 3 aliphatic rings. The van der Waals surface area contributed by atoms with Crippen LogP contribution in [0.4, 0.5) is 11.4 Å². The molecule has 174 valence electrons. The molecule has 1 aliphatic heterocycles. The number of amides is 3. The van der Waals surface area contributed by atoms with Gasteiger partial charge in [0.1, 0.15) is 5.75 Å². The molecule has 2 aromatic carbocycles. The number of imide groups is 1. The van der Waals surface area contributed by atoms with Crippen molar-refractivity contribution in [2.45, 2.75) is 13.3 Å². The van der Waals surface area contributed by atoms with E-state index in [4.69, 9.17) is 9.47 Å². The maximum absolute atomic E-state index is 13.1. The molecular formula is C26H24N2O6. The van der Waals surface area contributed by atoms with Gasteiger partial charge in [-0.05, 0) is 55.5 Å². The van der Waals surface area contributed by atoms with E-state index in [0.29, 0.717) is 17.1 Å². The number of carbonyl (C=O) groups excluding carboxylic acids is 4. The average molecular weight is 460 g/mol. The van der Waals surface area contributed by atoms with Crippen LogP contribution < -0.4 is 15.0 Å². The standard InChI is InChI=1S/C26H24N2O6/c1-14-9-16-11-20(14)23-22(16)24(30)28(25(23)31)18-7-3-5-15(10-18)26(32)34-13-21(29)27-17-6-4-8-19(12-17)33-2/h3-10,12,16,20,22-23H,11,13H2,1-2H3,(H,27,29)/t16-,20+,22-,23-/m0/s1. The number of fused-ring (bicyclic) bond motifs is 5. The molecule has 1 N–H and O–H groups in total. The molecule has 0 unspecified atom stereocenters. The first-order chi connectivity index (χ1) is 16.4. The predicted molar refractivity (Wildman–Crippen MR) is 123 cm³/mol. The van der Waals surface area contributed by atoms with Crippen molar-refractivity contribution in [1.82, 2.24) is 0 Å². The fraction of sp³-hybridized carbons (Fsp3) is 0.308. The molecule has 2 bridgehead atoms. The highest BCUT2D eigenvalue weighted by Gasteiger charge is 2.60. The van der Waals surface area contributed by atoms with E-state index in [9.17, 15) is 19.2 Å². The lowest BCUT2D eigenvalue weighted by atomic mass is 9.82. The Morgan fingerprint density at radius 1 is 1.06 bits per heavy atom. The van der Waals surface area contributed by atoms with E-state index < -0.39 is 18.5 Å². The van der Waals surface area contributed by atoms with Crippen LogP contribution in [-0.2, 0) is 19.1 Å². The van der Waals surface area contributed by atoms with Crippen LogP contribution >= 0.6 is 0 Å². The van der Waals surface area contributed by atoms with E-state index >= 15 is 0 Å². The van der Waals surface area contributed by atoms with Crippen LogP contribution in [0.3, 0.4) is 0 Å². The quantitative estimate of drug-likeness (QED) is 0.404. The molecule has 2 aliphatic carbocycles. The fourth-order valence-corrected chi connectivity index (χ4v) is 5.41. The minimum absolute atomic E-state index is 0.104. The first-order valence-corrected chi connectivity index (χ1v) is 11.1.